The number of hydrogen-bond donors (Lipinski definition) is 3. The molecule has 0 spiro atoms. The van der Waals surface area contributed by atoms with Crippen molar-refractivity contribution in [2.45, 2.75) is 51.0 Å². The Labute approximate surface area is 215 Å². The van der Waals surface area contributed by atoms with E-state index in [9.17, 15) is 32.7 Å². The average Bonchev–Trinajstić information content (AvgIpc) is 3.50. The molecular weight excluding hydrogens is 503 g/mol. The van der Waals surface area contributed by atoms with E-state index in [4.69, 9.17) is 0 Å². The van der Waals surface area contributed by atoms with E-state index in [1.165, 1.54) is 24.4 Å². The summed E-state index contributed by atoms with van der Waals surface area (Å²) in [6.45, 7) is 1.07. The zero-order valence-electron chi connectivity index (χ0n) is 20.6. The molecule has 9 nitrogen and oxygen atoms in total. The number of likely N-dealkylation sites (tertiary alicyclic amines) is 1. The van der Waals surface area contributed by atoms with E-state index in [-0.39, 0.29) is 29.0 Å². The first kappa shape index (κ1) is 25.7. The van der Waals surface area contributed by atoms with Crippen molar-refractivity contribution in [2.75, 3.05) is 23.7 Å². The molecule has 2 fully saturated rings. The quantitative estimate of drug-likeness (QED) is 0.394. The number of alkyl halides is 2. The van der Waals surface area contributed by atoms with Gasteiger partial charge in [-0.15, -0.1) is 0 Å². The number of aromatic hydroxyl groups is 1. The zero-order chi connectivity index (χ0) is 27.2. The van der Waals surface area contributed by atoms with Crippen molar-refractivity contribution in [3.8, 4) is 5.75 Å². The Bertz CT molecular complexity index is 1450. The molecule has 3 aromatic rings. The predicted octanol–water partition coefficient (Wildman–Crippen LogP) is 3.88. The first-order valence-electron chi connectivity index (χ1n) is 12.3. The number of nitrogens with one attached hydrogen (secondary N) is 2. The lowest BCUT2D eigenvalue weighted by Gasteiger charge is -2.35. The number of hydrogen-bond acceptors (Lipinski definition) is 8. The fraction of sp³-hybridized carbons (Fsp3) is 0.423. The molecule has 200 valence electrons. The molecule has 2 aliphatic rings. The lowest BCUT2D eigenvalue weighted by Crippen LogP contribution is -2.40. The first-order valence-corrected chi connectivity index (χ1v) is 12.3. The maximum atomic E-state index is 13.6. The van der Waals surface area contributed by atoms with E-state index in [0.717, 1.165) is 36.8 Å². The molecule has 1 saturated heterocycles. The third kappa shape index (κ3) is 4.59. The van der Waals surface area contributed by atoms with Gasteiger partial charge < -0.3 is 20.6 Å². The number of anilines is 3. The van der Waals surface area contributed by atoms with Crippen molar-refractivity contribution in [1.29, 1.82) is 0 Å². The Morgan fingerprint density at radius 3 is 2.42 bits per heavy atom. The van der Waals surface area contributed by atoms with Gasteiger partial charge >= 0.3 is 0 Å². The summed E-state index contributed by atoms with van der Waals surface area (Å²) in [4.78, 5) is 46.8. The SMILES string of the molecule is CC1([C@@H](Nc2c(Nc3ccnc(C(=O)N4CCC(F)(F)C4)c3O)c(=O)c2=O)c2ccc(F)cn2)CCCC1. The second-order valence-electron chi connectivity index (χ2n) is 10.3. The van der Waals surface area contributed by atoms with Crippen LogP contribution in [0.25, 0.3) is 0 Å². The van der Waals surface area contributed by atoms with Crippen LogP contribution in [0.1, 0.15) is 61.3 Å². The smallest absolute Gasteiger partial charge is 0.276 e. The Hall–Kier alpha value is -3.96. The van der Waals surface area contributed by atoms with E-state index < -0.39 is 59.0 Å². The summed E-state index contributed by atoms with van der Waals surface area (Å²) in [6, 6.07) is 3.60. The maximum Gasteiger partial charge on any atom is 0.276 e. The lowest BCUT2D eigenvalue weighted by atomic mass is 9.78. The molecule has 3 heterocycles. The van der Waals surface area contributed by atoms with Crippen LogP contribution >= 0.6 is 0 Å². The predicted molar refractivity (Wildman–Crippen MR) is 133 cm³/mol. The van der Waals surface area contributed by atoms with Crippen LogP contribution in [0.2, 0.25) is 0 Å². The molecule has 3 N–H and O–H groups in total. The van der Waals surface area contributed by atoms with Gasteiger partial charge in [0.15, 0.2) is 11.4 Å². The Kier molecular flexibility index (Phi) is 6.36. The molecule has 1 aliphatic heterocycles. The number of nitrogens with zero attached hydrogens (tertiary/aromatic N) is 3. The van der Waals surface area contributed by atoms with E-state index >= 15 is 0 Å². The molecule has 38 heavy (non-hydrogen) atoms. The van der Waals surface area contributed by atoms with E-state index in [1.54, 1.807) is 0 Å². The normalized spacial score (nSPS) is 19.0. The van der Waals surface area contributed by atoms with Crippen molar-refractivity contribution >= 4 is 23.0 Å². The minimum Gasteiger partial charge on any atom is -0.504 e. The van der Waals surface area contributed by atoms with Gasteiger partial charge in [-0.25, -0.2) is 18.2 Å². The van der Waals surface area contributed by atoms with Crippen molar-refractivity contribution < 1.29 is 23.1 Å². The van der Waals surface area contributed by atoms with Gasteiger partial charge in [-0.2, -0.15) is 0 Å². The monoisotopic (exact) mass is 529 g/mol. The standard InChI is InChI=1S/C26H26F3N5O4/c1-25(7-2-3-8-25)23(16-5-4-14(27)12-31-16)33-18-17(21(36)22(18)37)32-15-6-10-30-19(20(15)35)24(38)34-11-9-26(28,29)13-34/h4-6,10,12,23,33,35H,2-3,7-9,11,13H2,1H3,(H,30,32)/t23-/m0/s1. The van der Waals surface area contributed by atoms with Gasteiger partial charge in [0.2, 0.25) is 0 Å². The molecule has 2 aromatic heterocycles. The molecule has 12 heteroatoms. The Morgan fingerprint density at radius 2 is 1.79 bits per heavy atom. The first-order chi connectivity index (χ1) is 18.0. The summed E-state index contributed by atoms with van der Waals surface area (Å²) >= 11 is 0. The molecule has 5 rings (SSSR count). The van der Waals surface area contributed by atoms with Gasteiger partial charge in [-0.3, -0.25) is 19.4 Å². The van der Waals surface area contributed by atoms with Crippen LogP contribution < -0.4 is 21.5 Å². The molecule has 1 atom stereocenters. The van der Waals surface area contributed by atoms with Crippen molar-refractivity contribution in [3.63, 3.8) is 0 Å². The number of aromatic nitrogens is 2. The highest BCUT2D eigenvalue weighted by Gasteiger charge is 2.42. The van der Waals surface area contributed by atoms with Gasteiger partial charge in [0.25, 0.3) is 22.7 Å². The van der Waals surface area contributed by atoms with Crippen LogP contribution in [0.3, 0.4) is 0 Å². The molecule has 1 aromatic carbocycles. The van der Waals surface area contributed by atoms with E-state index in [0.29, 0.717) is 5.69 Å². The molecule has 0 unspecified atom stereocenters. The molecule has 1 amide bonds. The van der Waals surface area contributed by atoms with E-state index in [1.807, 2.05) is 6.92 Å². The van der Waals surface area contributed by atoms with Crippen molar-refractivity contribution in [3.05, 3.63) is 68.2 Å². The molecule has 1 aliphatic carbocycles. The van der Waals surface area contributed by atoms with Crippen LogP contribution in [0.4, 0.5) is 30.2 Å². The van der Waals surface area contributed by atoms with Gasteiger partial charge in [-0.05, 0) is 36.5 Å². The number of halogens is 3. The summed E-state index contributed by atoms with van der Waals surface area (Å²) in [5.41, 5.74) is -2.11. The second-order valence-corrected chi connectivity index (χ2v) is 10.3. The van der Waals surface area contributed by atoms with Crippen LogP contribution in [0.15, 0.2) is 40.2 Å². The third-order valence-corrected chi connectivity index (χ3v) is 7.53. The highest BCUT2D eigenvalue weighted by atomic mass is 19.3. The topological polar surface area (TPSA) is 125 Å². The van der Waals surface area contributed by atoms with Gasteiger partial charge in [0, 0.05) is 19.2 Å². The number of pyridine rings is 2. The van der Waals surface area contributed by atoms with Gasteiger partial charge in [-0.1, -0.05) is 19.8 Å². The second kappa shape index (κ2) is 9.41. The average molecular weight is 530 g/mol. The molecular formula is C26H26F3N5O4. The fourth-order valence-electron chi connectivity index (χ4n) is 5.33. The molecule has 0 bridgehead atoms. The highest BCUT2D eigenvalue weighted by molar-refractivity contribution is 5.97. The van der Waals surface area contributed by atoms with Gasteiger partial charge in [0.05, 0.1) is 30.2 Å². The number of rotatable bonds is 7. The van der Waals surface area contributed by atoms with Crippen molar-refractivity contribution in [2.24, 2.45) is 5.41 Å². The summed E-state index contributed by atoms with van der Waals surface area (Å²) < 4.78 is 40.7. The van der Waals surface area contributed by atoms with Crippen LogP contribution in [-0.4, -0.2) is 44.9 Å². The third-order valence-electron chi connectivity index (χ3n) is 7.53. The lowest BCUT2D eigenvalue weighted by molar-refractivity contribution is 0.0119. The van der Waals surface area contributed by atoms with Crippen molar-refractivity contribution in [1.82, 2.24) is 14.9 Å². The number of carbonyl (C=O) groups is 1. The maximum absolute atomic E-state index is 13.6. The molecule has 1 saturated carbocycles. The minimum absolute atomic E-state index is 0.0254. The summed E-state index contributed by atoms with van der Waals surface area (Å²) in [5.74, 6) is -5.02. The van der Waals surface area contributed by atoms with E-state index in [2.05, 4.69) is 20.6 Å². The number of carbonyl (C=O) groups excluding carboxylic acids is 1. The minimum atomic E-state index is -3.02. The van der Waals surface area contributed by atoms with Crippen LogP contribution in [-0.2, 0) is 0 Å². The van der Waals surface area contributed by atoms with Crippen LogP contribution in [0, 0.1) is 11.2 Å². The largest absolute Gasteiger partial charge is 0.504 e. The summed E-state index contributed by atoms with van der Waals surface area (Å²) in [5, 5.41) is 16.6. The van der Waals surface area contributed by atoms with Gasteiger partial charge in [0.1, 0.15) is 17.2 Å². The highest BCUT2D eigenvalue weighted by Crippen LogP contribution is 2.48. The zero-order valence-corrected chi connectivity index (χ0v) is 20.6. The summed E-state index contributed by atoms with van der Waals surface area (Å²) in [6.07, 6.45) is 5.39. The summed E-state index contributed by atoms with van der Waals surface area (Å²) in [7, 11) is 0. The fourth-order valence-corrected chi connectivity index (χ4v) is 5.33. The Balaban J connectivity index is 1.43. The Morgan fingerprint density at radius 1 is 1.08 bits per heavy atom. The number of amides is 1. The van der Waals surface area contributed by atoms with Crippen LogP contribution in [0.5, 0.6) is 5.75 Å². The molecule has 0 radical (unpaired) electrons.